The van der Waals surface area contributed by atoms with Crippen LogP contribution in [-0.2, 0) is 0 Å². The second-order valence-electron chi connectivity index (χ2n) is 5.10. The summed E-state index contributed by atoms with van der Waals surface area (Å²) < 4.78 is 5.39. The van der Waals surface area contributed by atoms with Gasteiger partial charge >= 0.3 is 0 Å². The van der Waals surface area contributed by atoms with Gasteiger partial charge in [0.2, 0.25) is 11.7 Å². The molecule has 1 aliphatic rings. The summed E-state index contributed by atoms with van der Waals surface area (Å²) in [5.41, 5.74) is 0.916. The quantitative estimate of drug-likeness (QED) is 0.916. The number of nitrogens with zero attached hydrogens (tertiary/aromatic N) is 3. The minimum absolute atomic E-state index is 0.252. The van der Waals surface area contributed by atoms with Crippen LogP contribution in [-0.4, -0.2) is 26.8 Å². The summed E-state index contributed by atoms with van der Waals surface area (Å²) in [6.45, 7) is 0.252. The predicted molar refractivity (Wildman–Crippen MR) is 69.3 cm³/mol. The standard InChI is InChI=1S/C14H17N3O2/c18-9-10-2-1-3-12(8-10)14-16-13(17-19-14)11-4-6-15-7-5-11/h4-7,10,12,18H,1-3,8-9H2/t10-,12+/m0/s1. The molecular weight excluding hydrogens is 242 g/mol. The number of aliphatic hydroxyl groups is 1. The lowest BCUT2D eigenvalue weighted by Crippen LogP contribution is -2.17. The van der Waals surface area contributed by atoms with E-state index >= 15 is 0 Å². The van der Waals surface area contributed by atoms with Crippen LogP contribution in [0.4, 0.5) is 0 Å². The fourth-order valence-corrected chi connectivity index (χ4v) is 2.70. The monoisotopic (exact) mass is 259 g/mol. The van der Waals surface area contributed by atoms with E-state index in [1.807, 2.05) is 12.1 Å². The fraction of sp³-hybridized carbons (Fsp3) is 0.500. The third kappa shape index (κ3) is 2.66. The molecule has 0 aliphatic heterocycles. The Kier molecular flexibility index (Phi) is 3.55. The lowest BCUT2D eigenvalue weighted by molar-refractivity contribution is 0.169. The van der Waals surface area contributed by atoms with Crippen molar-refractivity contribution in [1.29, 1.82) is 0 Å². The van der Waals surface area contributed by atoms with Crippen LogP contribution in [0.1, 0.15) is 37.5 Å². The Balaban J connectivity index is 1.78. The highest BCUT2D eigenvalue weighted by Gasteiger charge is 2.27. The molecule has 2 aromatic rings. The molecule has 0 amide bonds. The van der Waals surface area contributed by atoms with Crippen molar-refractivity contribution < 1.29 is 9.63 Å². The molecule has 1 saturated carbocycles. The van der Waals surface area contributed by atoms with E-state index in [0.717, 1.165) is 31.2 Å². The summed E-state index contributed by atoms with van der Waals surface area (Å²) in [6.07, 6.45) is 7.64. The van der Waals surface area contributed by atoms with Gasteiger partial charge in [-0.2, -0.15) is 4.98 Å². The van der Waals surface area contributed by atoms with E-state index in [0.29, 0.717) is 17.6 Å². The first-order chi connectivity index (χ1) is 9.36. The molecule has 2 atom stereocenters. The van der Waals surface area contributed by atoms with Crippen LogP contribution >= 0.6 is 0 Å². The molecule has 2 aromatic heterocycles. The number of pyridine rings is 1. The highest BCUT2D eigenvalue weighted by molar-refractivity contribution is 5.52. The van der Waals surface area contributed by atoms with Gasteiger partial charge in [0.1, 0.15) is 0 Å². The minimum atomic E-state index is 0.252. The molecule has 0 bridgehead atoms. The molecule has 0 unspecified atom stereocenters. The summed E-state index contributed by atoms with van der Waals surface area (Å²) in [5, 5.41) is 13.3. The summed E-state index contributed by atoms with van der Waals surface area (Å²) >= 11 is 0. The number of aliphatic hydroxyl groups excluding tert-OH is 1. The van der Waals surface area contributed by atoms with Crippen LogP contribution < -0.4 is 0 Å². The molecule has 1 N–H and O–H groups in total. The van der Waals surface area contributed by atoms with E-state index in [4.69, 9.17) is 4.52 Å². The lowest BCUT2D eigenvalue weighted by atomic mass is 9.82. The van der Waals surface area contributed by atoms with Gasteiger partial charge in [-0.05, 0) is 37.3 Å². The van der Waals surface area contributed by atoms with Gasteiger partial charge in [-0.25, -0.2) is 0 Å². The molecule has 5 heteroatoms. The molecular formula is C14H17N3O2. The summed E-state index contributed by atoms with van der Waals surface area (Å²) in [5.74, 6) is 1.97. The molecule has 1 fully saturated rings. The van der Waals surface area contributed by atoms with E-state index < -0.39 is 0 Å². The van der Waals surface area contributed by atoms with Gasteiger partial charge < -0.3 is 9.63 Å². The van der Waals surface area contributed by atoms with Gasteiger partial charge in [0.25, 0.3) is 0 Å². The number of hydrogen-bond acceptors (Lipinski definition) is 5. The van der Waals surface area contributed by atoms with Crippen molar-refractivity contribution in [3.63, 3.8) is 0 Å². The van der Waals surface area contributed by atoms with Gasteiger partial charge in [-0.3, -0.25) is 4.98 Å². The smallest absolute Gasteiger partial charge is 0.230 e. The third-order valence-corrected chi connectivity index (χ3v) is 3.77. The lowest BCUT2D eigenvalue weighted by Gasteiger charge is -2.25. The Morgan fingerprint density at radius 2 is 2.11 bits per heavy atom. The van der Waals surface area contributed by atoms with Gasteiger partial charge in [0.05, 0.1) is 0 Å². The van der Waals surface area contributed by atoms with Gasteiger partial charge in [0, 0.05) is 30.5 Å². The Morgan fingerprint density at radius 1 is 1.26 bits per heavy atom. The number of rotatable bonds is 3. The Labute approximate surface area is 111 Å². The molecule has 0 radical (unpaired) electrons. The first-order valence-corrected chi connectivity index (χ1v) is 6.71. The Morgan fingerprint density at radius 3 is 2.89 bits per heavy atom. The van der Waals surface area contributed by atoms with Crippen LogP contribution in [0, 0.1) is 5.92 Å². The van der Waals surface area contributed by atoms with E-state index in [1.165, 1.54) is 0 Å². The van der Waals surface area contributed by atoms with E-state index in [9.17, 15) is 5.11 Å². The average Bonchev–Trinajstić information content (AvgIpc) is 2.98. The maximum Gasteiger partial charge on any atom is 0.230 e. The van der Waals surface area contributed by atoms with Crippen LogP contribution in [0.5, 0.6) is 0 Å². The first-order valence-electron chi connectivity index (χ1n) is 6.71. The highest BCUT2D eigenvalue weighted by Crippen LogP contribution is 2.35. The molecule has 3 rings (SSSR count). The predicted octanol–water partition coefficient (Wildman–Crippen LogP) is 2.40. The second kappa shape index (κ2) is 5.48. The summed E-state index contributed by atoms with van der Waals surface area (Å²) in [4.78, 5) is 8.46. The van der Waals surface area contributed by atoms with Gasteiger partial charge in [-0.1, -0.05) is 11.6 Å². The molecule has 0 aromatic carbocycles. The summed E-state index contributed by atoms with van der Waals surface area (Å²) in [6, 6.07) is 3.73. The van der Waals surface area contributed by atoms with Crippen molar-refractivity contribution in [3.8, 4) is 11.4 Å². The molecule has 0 saturated heterocycles. The number of aromatic nitrogens is 3. The van der Waals surface area contributed by atoms with Crippen molar-refractivity contribution in [1.82, 2.24) is 15.1 Å². The van der Waals surface area contributed by atoms with Crippen molar-refractivity contribution in [3.05, 3.63) is 30.4 Å². The van der Waals surface area contributed by atoms with Crippen molar-refractivity contribution in [2.45, 2.75) is 31.6 Å². The van der Waals surface area contributed by atoms with Crippen LogP contribution in [0.3, 0.4) is 0 Å². The summed E-state index contributed by atoms with van der Waals surface area (Å²) in [7, 11) is 0. The van der Waals surface area contributed by atoms with Crippen molar-refractivity contribution in [2.75, 3.05) is 6.61 Å². The van der Waals surface area contributed by atoms with Crippen LogP contribution in [0.25, 0.3) is 11.4 Å². The maximum atomic E-state index is 9.27. The fourth-order valence-electron chi connectivity index (χ4n) is 2.70. The van der Waals surface area contributed by atoms with Gasteiger partial charge in [0.15, 0.2) is 0 Å². The van der Waals surface area contributed by atoms with E-state index in [-0.39, 0.29) is 12.5 Å². The highest BCUT2D eigenvalue weighted by atomic mass is 16.5. The Bertz CT molecular complexity index is 526. The van der Waals surface area contributed by atoms with Crippen LogP contribution in [0.15, 0.2) is 29.0 Å². The molecule has 19 heavy (non-hydrogen) atoms. The first kappa shape index (κ1) is 12.3. The second-order valence-corrected chi connectivity index (χ2v) is 5.10. The minimum Gasteiger partial charge on any atom is -0.396 e. The average molecular weight is 259 g/mol. The van der Waals surface area contributed by atoms with E-state index in [1.54, 1.807) is 12.4 Å². The normalized spacial score (nSPS) is 23.4. The molecule has 5 nitrogen and oxygen atoms in total. The zero-order chi connectivity index (χ0) is 13.1. The molecule has 2 heterocycles. The van der Waals surface area contributed by atoms with Crippen LogP contribution in [0.2, 0.25) is 0 Å². The van der Waals surface area contributed by atoms with Crippen molar-refractivity contribution in [2.24, 2.45) is 5.92 Å². The molecule has 0 spiro atoms. The number of hydrogen-bond donors (Lipinski definition) is 1. The molecule has 1 aliphatic carbocycles. The van der Waals surface area contributed by atoms with Gasteiger partial charge in [-0.15, -0.1) is 0 Å². The zero-order valence-electron chi connectivity index (χ0n) is 10.7. The van der Waals surface area contributed by atoms with E-state index in [2.05, 4.69) is 15.1 Å². The Hall–Kier alpha value is -1.75. The SMILES string of the molecule is OC[C@H]1CCC[C@@H](c2nc(-c3ccncc3)no2)C1. The van der Waals surface area contributed by atoms with Crippen molar-refractivity contribution >= 4 is 0 Å². The zero-order valence-corrected chi connectivity index (χ0v) is 10.7. The largest absolute Gasteiger partial charge is 0.396 e. The maximum absolute atomic E-state index is 9.27. The molecule has 100 valence electrons. The topological polar surface area (TPSA) is 72.0 Å². The third-order valence-electron chi connectivity index (χ3n) is 3.77.